The maximum atomic E-state index is 13.3. The smallest absolute Gasteiger partial charge is 0.172 e. The molecule has 1 aromatic rings. The third kappa shape index (κ3) is 1.28. The molecule has 0 fully saturated rings. The Morgan fingerprint density at radius 3 is 2.93 bits per heavy atom. The predicted molar refractivity (Wildman–Crippen MR) is 46.2 cm³/mol. The van der Waals surface area contributed by atoms with Crippen molar-refractivity contribution in [3.63, 3.8) is 0 Å². The number of ketones is 1. The monoisotopic (exact) mass is 194 g/mol. The summed E-state index contributed by atoms with van der Waals surface area (Å²) in [6, 6.07) is 2.42. The average Bonchev–Trinajstić information content (AvgIpc) is 2.17. The second-order valence-electron chi connectivity index (χ2n) is 3.02. The number of hydrogen-bond donors (Lipinski definition) is 0. The summed E-state index contributed by atoms with van der Waals surface area (Å²) in [5.74, 6) is -0.793. The minimum atomic E-state index is -0.686. The van der Waals surface area contributed by atoms with Gasteiger partial charge in [0.1, 0.15) is 17.9 Å². The van der Waals surface area contributed by atoms with Crippen molar-refractivity contribution >= 4 is 12.1 Å². The molecule has 4 heteroatoms. The van der Waals surface area contributed by atoms with Gasteiger partial charge in [0.15, 0.2) is 5.78 Å². The molecule has 0 unspecified atom stereocenters. The van der Waals surface area contributed by atoms with Crippen molar-refractivity contribution in [3.8, 4) is 5.75 Å². The number of benzene rings is 1. The van der Waals surface area contributed by atoms with E-state index in [0.29, 0.717) is 6.29 Å². The molecular weight excluding hydrogens is 187 g/mol. The van der Waals surface area contributed by atoms with Crippen LogP contribution in [0.4, 0.5) is 4.39 Å². The molecule has 0 aliphatic carbocycles. The van der Waals surface area contributed by atoms with Crippen LogP contribution in [0.25, 0.3) is 0 Å². The van der Waals surface area contributed by atoms with Crippen molar-refractivity contribution < 1.29 is 18.7 Å². The van der Waals surface area contributed by atoms with Crippen LogP contribution in [0.1, 0.15) is 27.1 Å². The van der Waals surface area contributed by atoms with Gasteiger partial charge >= 0.3 is 0 Å². The van der Waals surface area contributed by atoms with E-state index < -0.39 is 5.82 Å². The summed E-state index contributed by atoms with van der Waals surface area (Å²) < 4.78 is 18.4. The Bertz CT molecular complexity index is 412. The van der Waals surface area contributed by atoms with E-state index >= 15 is 0 Å². The van der Waals surface area contributed by atoms with Gasteiger partial charge in [-0.05, 0) is 12.1 Å². The number of Topliss-reactive ketones (excluding diaryl/α,β-unsaturated/α-hetero) is 1. The summed E-state index contributed by atoms with van der Waals surface area (Å²) in [4.78, 5) is 21.7. The van der Waals surface area contributed by atoms with Gasteiger partial charge in [-0.15, -0.1) is 0 Å². The molecule has 0 aromatic heterocycles. The molecule has 0 amide bonds. The van der Waals surface area contributed by atoms with Gasteiger partial charge in [-0.2, -0.15) is 0 Å². The van der Waals surface area contributed by atoms with Gasteiger partial charge < -0.3 is 4.74 Å². The van der Waals surface area contributed by atoms with Crippen LogP contribution < -0.4 is 4.74 Å². The first kappa shape index (κ1) is 8.87. The van der Waals surface area contributed by atoms with Crippen LogP contribution in [-0.4, -0.2) is 18.7 Å². The quantitative estimate of drug-likeness (QED) is 0.638. The fraction of sp³-hybridized carbons (Fsp3) is 0.200. The maximum Gasteiger partial charge on any atom is 0.172 e. The highest BCUT2D eigenvalue weighted by Gasteiger charge is 2.23. The molecule has 0 N–H and O–H groups in total. The van der Waals surface area contributed by atoms with Crippen molar-refractivity contribution in [1.29, 1.82) is 0 Å². The molecule has 2 rings (SSSR count). The molecule has 0 atom stereocenters. The number of halogens is 1. The summed E-state index contributed by atoms with van der Waals surface area (Å²) in [6.45, 7) is 0.244. The molecule has 1 aliphatic rings. The lowest BCUT2D eigenvalue weighted by molar-refractivity contribution is 0.0926. The molecule has 0 radical (unpaired) electrons. The van der Waals surface area contributed by atoms with Crippen LogP contribution in [0.3, 0.4) is 0 Å². The number of hydrogen-bond acceptors (Lipinski definition) is 3. The lowest BCUT2D eigenvalue weighted by atomic mass is 10.0. The first-order valence-corrected chi connectivity index (χ1v) is 4.17. The van der Waals surface area contributed by atoms with Crippen molar-refractivity contribution in [2.24, 2.45) is 0 Å². The van der Waals surface area contributed by atoms with Gasteiger partial charge in [0.25, 0.3) is 0 Å². The summed E-state index contributed by atoms with van der Waals surface area (Å²) in [7, 11) is 0. The van der Waals surface area contributed by atoms with E-state index in [-0.39, 0.29) is 35.7 Å². The summed E-state index contributed by atoms with van der Waals surface area (Å²) in [5, 5.41) is 0. The lowest BCUT2D eigenvalue weighted by Gasteiger charge is -2.16. The molecular formula is C10H7FO3. The molecule has 3 nitrogen and oxygen atoms in total. The summed E-state index contributed by atoms with van der Waals surface area (Å²) in [5.41, 5.74) is 0.137. The highest BCUT2D eigenvalue weighted by Crippen LogP contribution is 2.28. The van der Waals surface area contributed by atoms with Crippen LogP contribution >= 0.6 is 0 Å². The Morgan fingerprint density at radius 2 is 2.21 bits per heavy atom. The summed E-state index contributed by atoms with van der Waals surface area (Å²) >= 11 is 0. The number of rotatable bonds is 1. The second-order valence-corrected chi connectivity index (χ2v) is 3.02. The Balaban J connectivity index is 2.62. The Morgan fingerprint density at radius 1 is 1.43 bits per heavy atom. The predicted octanol–water partition coefficient (Wildman–Crippen LogP) is 1.60. The second kappa shape index (κ2) is 3.21. The highest BCUT2D eigenvalue weighted by atomic mass is 19.1. The third-order valence-electron chi connectivity index (χ3n) is 2.08. The first-order valence-electron chi connectivity index (χ1n) is 4.17. The molecule has 14 heavy (non-hydrogen) atoms. The maximum absolute atomic E-state index is 13.3. The normalized spacial score (nSPS) is 14.5. The summed E-state index contributed by atoms with van der Waals surface area (Å²) in [6.07, 6.45) is 0.705. The number of aldehydes is 1. The molecule has 0 saturated carbocycles. The first-order chi connectivity index (χ1) is 6.72. The number of carbonyl (C=O) groups is 2. The SMILES string of the molecule is O=Cc1cc(F)c2c(c1)OCCC2=O. The van der Waals surface area contributed by atoms with Crippen molar-refractivity contribution in [2.45, 2.75) is 6.42 Å². The lowest BCUT2D eigenvalue weighted by Crippen LogP contribution is -2.17. The Hall–Kier alpha value is -1.71. The van der Waals surface area contributed by atoms with E-state index in [2.05, 4.69) is 0 Å². The zero-order valence-corrected chi connectivity index (χ0v) is 7.25. The van der Waals surface area contributed by atoms with Gasteiger partial charge in [0, 0.05) is 12.0 Å². The molecule has 0 bridgehead atoms. The molecule has 1 aromatic carbocycles. The minimum absolute atomic E-state index is 0.0400. The van der Waals surface area contributed by atoms with E-state index in [1.54, 1.807) is 0 Å². The zero-order valence-electron chi connectivity index (χ0n) is 7.25. The van der Waals surface area contributed by atoms with Gasteiger partial charge in [-0.25, -0.2) is 4.39 Å². The number of fused-ring (bicyclic) bond motifs is 1. The van der Waals surface area contributed by atoms with Crippen LogP contribution in [0.2, 0.25) is 0 Å². The highest BCUT2D eigenvalue weighted by molar-refractivity contribution is 6.00. The van der Waals surface area contributed by atoms with E-state index in [4.69, 9.17) is 4.74 Å². The van der Waals surface area contributed by atoms with Crippen molar-refractivity contribution in [2.75, 3.05) is 6.61 Å². The van der Waals surface area contributed by atoms with Crippen LogP contribution in [-0.2, 0) is 0 Å². The number of carbonyl (C=O) groups excluding carboxylic acids is 2. The Kier molecular flexibility index (Phi) is 2.04. The van der Waals surface area contributed by atoms with E-state index in [1.807, 2.05) is 0 Å². The standard InChI is InChI=1S/C10H7FO3/c11-7-3-6(5-12)4-9-10(7)8(13)1-2-14-9/h3-5H,1-2H2. The van der Waals surface area contributed by atoms with Crippen molar-refractivity contribution in [1.82, 2.24) is 0 Å². The zero-order chi connectivity index (χ0) is 10.1. The van der Waals surface area contributed by atoms with Crippen LogP contribution in [0, 0.1) is 5.82 Å². The molecule has 1 heterocycles. The largest absolute Gasteiger partial charge is 0.492 e. The minimum Gasteiger partial charge on any atom is -0.492 e. The van der Waals surface area contributed by atoms with Crippen molar-refractivity contribution in [3.05, 3.63) is 29.1 Å². The fourth-order valence-corrected chi connectivity index (χ4v) is 1.43. The number of ether oxygens (including phenoxy) is 1. The van der Waals surface area contributed by atoms with Gasteiger partial charge in [-0.3, -0.25) is 9.59 Å². The molecule has 0 saturated heterocycles. The van der Waals surface area contributed by atoms with Gasteiger partial charge in [-0.1, -0.05) is 0 Å². The van der Waals surface area contributed by atoms with E-state index in [9.17, 15) is 14.0 Å². The molecule has 72 valence electrons. The van der Waals surface area contributed by atoms with Crippen LogP contribution in [0.5, 0.6) is 5.75 Å². The third-order valence-corrected chi connectivity index (χ3v) is 2.08. The van der Waals surface area contributed by atoms with Gasteiger partial charge in [0.05, 0.1) is 12.2 Å². The molecule has 0 spiro atoms. The van der Waals surface area contributed by atoms with E-state index in [0.717, 1.165) is 6.07 Å². The topological polar surface area (TPSA) is 43.4 Å². The Labute approximate surface area is 79.5 Å². The average molecular weight is 194 g/mol. The van der Waals surface area contributed by atoms with E-state index in [1.165, 1.54) is 6.07 Å². The fourth-order valence-electron chi connectivity index (χ4n) is 1.43. The van der Waals surface area contributed by atoms with Crippen LogP contribution in [0.15, 0.2) is 12.1 Å². The molecule has 1 aliphatic heterocycles. The van der Waals surface area contributed by atoms with Gasteiger partial charge in [0.2, 0.25) is 0 Å².